The monoisotopic (exact) mass is 252 g/mol. The van der Waals surface area contributed by atoms with Crippen molar-refractivity contribution in [2.45, 2.75) is 70.9 Å². The molecule has 2 aliphatic carbocycles. The van der Waals surface area contributed by atoms with Crippen LogP contribution in [0.1, 0.15) is 58.8 Å². The van der Waals surface area contributed by atoms with Gasteiger partial charge in [-0.2, -0.15) is 0 Å². The van der Waals surface area contributed by atoms with E-state index in [1.165, 1.54) is 25.7 Å². The number of hydrogen-bond donors (Lipinski definition) is 2. The summed E-state index contributed by atoms with van der Waals surface area (Å²) in [6.45, 7) is 4.33. The molecule has 2 aliphatic rings. The lowest BCUT2D eigenvalue weighted by atomic mass is 9.78. The van der Waals surface area contributed by atoms with Gasteiger partial charge in [-0.05, 0) is 43.9 Å². The van der Waals surface area contributed by atoms with Gasteiger partial charge in [0, 0.05) is 18.0 Å². The van der Waals surface area contributed by atoms with Crippen molar-refractivity contribution < 1.29 is 4.79 Å². The maximum atomic E-state index is 12.3. The van der Waals surface area contributed by atoms with Crippen LogP contribution in [0.4, 0.5) is 0 Å². The predicted octanol–water partition coefficient (Wildman–Crippen LogP) is 2.44. The molecule has 0 saturated heterocycles. The largest absolute Gasteiger partial charge is 0.353 e. The number of carbonyl (C=O) groups excluding carboxylic acids is 1. The highest BCUT2D eigenvalue weighted by atomic mass is 16.1. The van der Waals surface area contributed by atoms with Gasteiger partial charge in [-0.15, -0.1) is 0 Å². The maximum absolute atomic E-state index is 12.3. The molecule has 104 valence electrons. The summed E-state index contributed by atoms with van der Waals surface area (Å²) in [5.41, 5.74) is 6.02. The topological polar surface area (TPSA) is 55.1 Å². The van der Waals surface area contributed by atoms with Gasteiger partial charge >= 0.3 is 0 Å². The number of nitrogens with two attached hydrogens (primary N) is 1. The van der Waals surface area contributed by atoms with Crippen LogP contribution < -0.4 is 11.1 Å². The summed E-state index contributed by atoms with van der Waals surface area (Å²) in [7, 11) is 0. The molecule has 3 nitrogen and oxygen atoms in total. The smallest absolute Gasteiger partial charge is 0.223 e. The Balaban J connectivity index is 1.84. The molecule has 2 fully saturated rings. The third-order valence-corrected chi connectivity index (χ3v) is 5.07. The Morgan fingerprint density at radius 2 is 1.94 bits per heavy atom. The van der Waals surface area contributed by atoms with Crippen molar-refractivity contribution in [3.8, 4) is 0 Å². The van der Waals surface area contributed by atoms with Gasteiger partial charge in [0.15, 0.2) is 0 Å². The van der Waals surface area contributed by atoms with Crippen molar-refractivity contribution in [3.63, 3.8) is 0 Å². The van der Waals surface area contributed by atoms with Gasteiger partial charge in [-0.1, -0.05) is 26.7 Å². The van der Waals surface area contributed by atoms with Gasteiger partial charge < -0.3 is 11.1 Å². The fourth-order valence-electron chi connectivity index (χ4n) is 3.61. The van der Waals surface area contributed by atoms with Crippen LogP contribution in [0.3, 0.4) is 0 Å². The summed E-state index contributed by atoms with van der Waals surface area (Å²) in [5.74, 6) is 1.53. The highest BCUT2D eigenvalue weighted by Gasteiger charge is 2.31. The Bertz CT molecular complexity index is 292. The molecule has 0 aromatic rings. The standard InChI is InChI=1S/C15H28N2O/c1-10-5-3-8-14(10)17-15(18)11(2)12-6-4-7-13(16)9-12/h10-14H,3-9,16H2,1-2H3,(H,17,18). The van der Waals surface area contributed by atoms with E-state index in [9.17, 15) is 4.79 Å². The van der Waals surface area contributed by atoms with E-state index in [0.29, 0.717) is 23.9 Å². The zero-order valence-corrected chi connectivity index (χ0v) is 11.8. The first-order valence-electron chi connectivity index (χ1n) is 7.64. The molecule has 0 spiro atoms. The molecular formula is C15H28N2O. The van der Waals surface area contributed by atoms with E-state index >= 15 is 0 Å². The third-order valence-electron chi connectivity index (χ3n) is 5.07. The highest BCUT2D eigenvalue weighted by Crippen LogP contribution is 2.30. The molecule has 3 heteroatoms. The van der Waals surface area contributed by atoms with Gasteiger partial charge in [0.05, 0.1) is 0 Å². The van der Waals surface area contributed by atoms with E-state index in [4.69, 9.17) is 5.73 Å². The molecule has 5 atom stereocenters. The van der Waals surface area contributed by atoms with Gasteiger partial charge in [0.2, 0.25) is 5.91 Å². The Hall–Kier alpha value is -0.570. The van der Waals surface area contributed by atoms with Crippen molar-refractivity contribution in [1.29, 1.82) is 0 Å². The lowest BCUT2D eigenvalue weighted by Gasteiger charge is -2.31. The Morgan fingerprint density at radius 3 is 2.56 bits per heavy atom. The summed E-state index contributed by atoms with van der Waals surface area (Å²) >= 11 is 0. The first kappa shape index (κ1) is 13.9. The molecule has 0 radical (unpaired) electrons. The van der Waals surface area contributed by atoms with Crippen LogP contribution in [0.2, 0.25) is 0 Å². The van der Waals surface area contributed by atoms with E-state index in [1.54, 1.807) is 0 Å². The molecule has 0 aliphatic heterocycles. The molecule has 0 aromatic heterocycles. The van der Waals surface area contributed by atoms with Crippen molar-refractivity contribution in [2.75, 3.05) is 0 Å². The molecule has 2 saturated carbocycles. The first-order chi connectivity index (χ1) is 8.58. The number of rotatable bonds is 3. The minimum Gasteiger partial charge on any atom is -0.353 e. The fraction of sp³-hybridized carbons (Fsp3) is 0.933. The molecule has 5 unspecified atom stereocenters. The van der Waals surface area contributed by atoms with Crippen LogP contribution in [0, 0.1) is 17.8 Å². The van der Waals surface area contributed by atoms with E-state index in [0.717, 1.165) is 19.3 Å². The third kappa shape index (κ3) is 3.25. The molecule has 0 bridgehead atoms. The minimum atomic E-state index is 0.129. The molecule has 3 N–H and O–H groups in total. The second-order valence-electron chi connectivity index (χ2n) is 6.50. The summed E-state index contributed by atoms with van der Waals surface area (Å²) in [6.07, 6.45) is 8.18. The molecular weight excluding hydrogens is 224 g/mol. The number of amides is 1. The lowest BCUT2D eigenvalue weighted by molar-refractivity contribution is -0.127. The van der Waals surface area contributed by atoms with Gasteiger partial charge in [0.1, 0.15) is 0 Å². The molecule has 1 amide bonds. The van der Waals surface area contributed by atoms with Crippen molar-refractivity contribution in [2.24, 2.45) is 23.5 Å². The van der Waals surface area contributed by atoms with Crippen molar-refractivity contribution in [3.05, 3.63) is 0 Å². The van der Waals surface area contributed by atoms with Gasteiger partial charge in [0.25, 0.3) is 0 Å². The predicted molar refractivity (Wildman–Crippen MR) is 74.0 cm³/mol. The normalized spacial score (nSPS) is 38.4. The SMILES string of the molecule is CC1CCCC1NC(=O)C(C)C1CCCC(N)C1. The summed E-state index contributed by atoms with van der Waals surface area (Å²) in [5, 5.41) is 3.26. The summed E-state index contributed by atoms with van der Waals surface area (Å²) in [6, 6.07) is 0.724. The van der Waals surface area contributed by atoms with E-state index < -0.39 is 0 Å². The van der Waals surface area contributed by atoms with E-state index in [-0.39, 0.29) is 11.8 Å². The Labute approximate surface area is 111 Å². The second-order valence-corrected chi connectivity index (χ2v) is 6.50. The van der Waals surface area contributed by atoms with Crippen LogP contribution in [-0.2, 0) is 4.79 Å². The van der Waals surface area contributed by atoms with Crippen molar-refractivity contribution in [1.82, 2.24) is 5.32 Å². The summed E-state index contributed by atoms with van der Waals surface area (Å²) < 4.78 is 0. The van der Waals surface area contributed by atoms with Crippen LogP contribution in [0.5, 0.6) is 0 Å². The molecule has 0 aromatic carbocycles. The molecule has 0 heterocycles. The number of hydrogen-bond acceptors (Lipinski definition) is 2. The second kappa shape index (κ2) is 6.05. The first-order valence-corrected chi connectivity index (χ1v) is 7.64. The quantitative estimate of drug-likeness (QED) is 0.810. The number of nitrogens with one attached hydrogen (secondary N) is 1. The van der Waals surface area contributed by atoms with Crippen LogP contribution in [-0.4, -0.2) is 18.0 Å². The van der Waals surface area contributed by atoms with Crippen LogP contribution in [0.15, 0.2) is 0 Å². The zero-order valence-electron chi connectivity index (χ0n) is 11.8. The summed E-state index contributed by atoms with van der Waals surface area (Å²) in [4.78, 5) is 12.3. The fourth-order valence-corrected chi connectivity index (χ4v) is 3.61. The minimum absolute atomic E-state index is 0.129. The van der Waals surface area contributed by atoms with Gasteiger partial charge in [-0.3, -0.25) is 4.79 Å². The van der Waals surface area contributed by atoms with Crippen molar-refractivity contribution >= 4 is 5.91 Å². The average molecular weight is 252 g/mol. The Kier molecular flexibility index (Phi) is 4.66. The van der Waals surface area contributed by atoms with Crippen LogP contribution >= 0.6 is 0 Å². The van der Waals surface area contributed by atoms with E-state index in [2.05, 4.69) is 19.2 Å². The number of carbonyl (C=O) groups is 1. The molecule has 2 rings (SSSR count). The lowest BCUT2D eigenvalue weighted by Crippen LogP contribution is -2.43. The van der Waals surface area contributed by atoms with Gasteiger partial charge in [-0.25, -0.2) is 0 Å². The average Bonchev–Trinajstić information content (AvgIpc) is 2.74. The maximum Gasteiger partial charge on any atom is 0.223 e. The zero-order chi connectivity index (χ0) is 13.1. The van der Waals surface area contributed by atoms with Crippen LogP contribution in [0.25, 0.3) is 0 Å². The highest BCUT2D eigenvalue weighted by molar-refractivity contribution is 5.79. The molecule has 18 heavy (non-hydrogen) atoms. The van der Waals surface area contributed by atoms with E-state index in [1.807, 2.05) is 0 Å². The Morgan fingerprint density at radius 1 is 1.22 bits per heavy atom.